The van der Waals surface area contributed by atoms with Gasteiger partial charge in [-0.2, -0.15) is 22.0 Å². The number of alkyl halides is 5. The van der Waals surface area contributed by atoms with Crippen LogP contribution in [0.1, 0.15) is 47.0 Å². The Morgan fingerprint density at radius 1 is 1.00 bits per heavy atom. The molecule has 0 aliphatic carbocycles. The Labute approximate surface area is 146 Å². The van der Waals surface area contributed by atoms with Crippen molar-refractivity contribution < 1.29 is 35.1 Å². The van der Waals surface area contributed by atoms with Crippen LogP contribution in [0, 0.1) is 5.41 Å². The van der Waals surface area contributed by atoms with Gasteiger partial charge in [0, 0.05) is 13.1 Å². The summed E-state index contributed by atoms with van der Waals surface area (Å²) < 4.78 is 91.7. The number of ether oxygens (including phenoxy) is 1. The van der Waals surface area contributed by atoms with Crippen LogP contribution in [0.3, 0.4) is 0 Å². The minimum absolute atomic E-state index is 0.0920. The topological polar surface area (TPSA) is 46.6 Å². The highest BCUT2D eigenvalue weighted by Gasteiger charge is 2.57. The highest BCUT2D eigenvalue weighted by atomic mass is 32.2. The van der Waals surface area contributed by atoms with Gasteiger partial charge in [0.05, 0.1) is 12.4 Å². The predicted molar refractivity (Wildman–Crippen MR) is 86.2 cm³/mol. The molecule has 152 valence electrons. The molecule has 0 bridgehead atoms. The number of hydrogen-bond acceptors (Lipinski definition) is 3. The lowest BCUT2D eigenvalue weighted by Gasteiger charge is -2.26. The van der Waals surface area contributed by atoms with Crippen molar-refractivity contribution >= 4 is 10.0 Å². The maximum atomic E-state index is 12.7. The molecule has 0 aliphatic rings. The molecule has 0 rings (SSSR count). The summed E-state index contributed by atoms with van der Waals surface area (Å²) >= 11 is 0. The van der Waals surface area contributed by atoms with Crippen LogP contribution in [0.2, 0.25) is 0 Å². The lowest BCUT2D eigenvalue weighted by Crippen LogP contribution is -2.42. The molecule has 0 fully saturated rings. The first-order chi connectivity index (χ1) is 11.1. The summed E-state index contributed by atoms with van der Waals surface area (Å²) in [7, 11) is -3.79. The van der Waals surface area contributed by atoms with Crippen molar-refractivity contribution in [3.63, 3.8) is 0 Å². The average molecular weight is 397 g/mol. The fraction of sp³-hybridized carbons (Fsp3) is 1.00. The molecule has 0 aromatic heterocycles. The van der Waals surface area contributed by atoms with E-state index >= 15 is 0 Å². The normalized spacial score (nSPS) is 14.3. The Kier molecular flexibility index (Phi) is 9.27. The van der Waals surface area contributed by atoms with Gasteiger partial charge in [0.2, 0.25) is 10.0 Å². The van der Waals surface area contributed by atoms with Crippen LogP contribution in [-0.4, -0.2) is 56.9 Å². The summed E-state index contributed by atoms with van der Waals surface area (Å²) in [6, 6.07) is 0. The zero-order valence-corrected chi connectivity index (χ0v) is 15.9. The Morgan fingerprint density at radius 2 is 1.56 bits per heavy atom. The molecule has 0 aromatic carbocycles. The molecule has 0 aromatic rings. The average Bonchev–Trinajstić information content (AvgIpc) is 2.41. The maximum Gasteiger partial charge on any atom is 0.455 e. The highest BCUT2D eigenvalue weighted by Crippen LogP contribution is 2.35. The van der Waals surface area contributed by atoms with E-state index in [1.807, 2.05) is 27.7 Å². The number of sulfonamides is 1. The van der Waals surface area contributed by atoms with E-state index in [2.05, 4.69) is 4.74 Å². The first-order valence-electron chi connectivity index (χ1n) is 8.12. The molecule has 0 aliphatic heterocycles. The van der Waals surface area contributed by atoms with Crippen LogP contribution >= 0.6 is 0 Å². The van der Waals surface area contributed by atoms with Gasteiger partial charge < -0.3 is 4.74 Å². The molecule has 0 atom stereocenters. The van der Waals surface area contributed by atoms with Gasteiger partial charge in [-0.15, -0.1) is 0 Å². The molecule has 10 heteroatoms. The number of nitrogens with zero attached hydrogens (tertiary/aromatic N) is 1. The molecule has 0 radical (unpaired) electrons. The Morgan fingerprint density at radius 3 is 2.00 bits per heavy atom. The largest absolute Gasteiger partial charge is 0.455 e. The van der Waals surface area contributed by atoms with E-state index in [-0.39, 0.29) is 18.5 Å². The molecule has 0 unspecified atom stereocenters. The van der Waals surface area contributed by atoms with E-state index in [9.17, 15) is 30.4 Å². The minimum atomic E-state index is -5.72. The van der Waals surface area contributed by atoms with Crippen molar-refractivity contribution in [3.8, 4) is 0 Å². The van der Waals surface area contributed by atoms with Gasteiger partial charge >= 0.3 is 12.1 Å². The smallest absolute Gasteiger partial charge is 0.374 e. The van der Waals surface area contributed by atoms with Gasteiger partial charge in [0.15, 0.2) is 0 Å². The van der Waals surface area contributed by atoms with Crippen LogP contribution in [0.25, 0.3) is 0 Å². The summed E-state index contributed by atoms with van der Waals surface area (Å²) in [4.78, 5) is 0. The first-order valence-corrected chi connectivity index (χ1v) is 9.73. The van der Waals surface area contributed by atoms with E-state index in [0.29, 0.717) is 12.8 Å². The summed E-state index contributed by atoms with van der Waals surface area (Å²) in [5.41, 5.74) is -0.0920. The quantitative estimate of drug-likeness (QED) is 0.390. The molecular weight excluding hydrogens is 369 g/mol. The fourth-order valence-corrected chi connectivity index (χ4v) is 3.12. The Bertz CT molecular complexity index is 486. The third-order valence-electron chi connectivity index (χ3n) is 3.45. The minimum Gasteiger partial charge on any atom is -0.374 e. The Hall–Kier alpha value is -0.480. The lowest BCUT2D eigenvalue weighted by molar-refractivity contribution is -0.296. The van der Waals surface area contributed by atoms with E-state index in [0.717, 1.165) is 6.42 Å². The van der Waals surface area contributed by atoms with E-state index in [4.69, 9.17) is 0 Å². The summed E-state index contributed by atoms with van der Waals surface area (Å²) in [6.45, 7) is 5.73. The van der Waals surface area contributed by atoms with Crippen molar-refractivity contribution in [2.45, 2.75) is 59.1 Å². The van der Waals surface area contributed by atoms with Crippen molar-refractivity contribution in [2.24, 2.45) is 5.41 Å². The molecule has 25 heavy (non-hydrogen) atoms. The second-order valence-corrected chi connectivity index (χ2v) is 9.22. The number of unbranched alkanes of at least 4 members (excludes halogenated alkanes) is 1. The third-order valence-corrected chi connectivity index (χ3v) is 5.28. The van der Waals surface area contributed by atoms with Crippen molar-refractivity contribution in [1.29, 1.82) is 0 Å². The van der Waals surface area contributed by atoms with E-state index < -0.39 is 41.1 Å². The van der Waals surface area contributed by atoms with E-state index in [1.165, 1.54) is 4.31 Å². The predicted octanol–water partition coefficient (Wildman–Crippen LogP) is 4.07. The second kappa shape index (κ2) is 9.45. The zero-order chi connectivity index (χ0) is 19.9. The van der Waals surface area contributed by atoms with Gasteiger partial charge in [-0.3, -0.25) is 0 Å². The molecular formula is C15H28F5NO3S. The summed E-state index contributed by atoms with van der Waals surface area (Å²) in [6.07, 6.45) is -3.71. The second-order valence-electron chi connectivity index (χ2n) is 7.13. The Balaban J connectivity index is 4.66. The van der Waals surface area contributed by atoms with Crippen molar-refractivity contribution in [3.05, 3.63) is 0 Å². The molecule has 0 saturated carbocycles. The van der Waals surface area contributed by atoms with Crippen LogP contribution < -0.4 is 0 Å². The van der Waals surface area contributed by atoms with Crippen LogP contribution in [0.15, 0.2) is 0 Å². The molecule has 0 saturated heterocycles. The summed E-state index contributed by atoms with van der Waals surface area (Å²) in [5, 5.41) is 0. The van der Waals surface area contributed by atoms with Crippen LogP contribution in [0.4, 0.5) is 22.0 Å². The van der Waals surface area contributed by atoms with Crippen LogP contribution in [-0.2, 0) is 14.8 Å². The SMILES string of the molecule is CCCCN(CCC(C)(C)C)S(=O)(=O)CCOCC(F)(F)C(F)(F)F. The van der Waals surface area contributed by atoms with Gasteiger partial charge in [0.25, 0.3) is 0 Å². The number of hydrogen-bond donors (Lipinski definition) is 0. The summed E-state index contributed by atoms with van der Waals surface area (Å²) in [5.74, 6) is -5.63. The third kappa shape index (κ3) is 9.69. The molecule has 0 heterocycles. The molecule has 4 nitrogen and oxygen atoms in total. The zero-order valence-electron chi connectivity index (χ0n) is 15.1. The highest BCUT2D eigenvalue weighted by molar-refractivity contribution is 7.89. The van der Waals surface area contributed by atoms with Gasteiger partial charge in [-0.25, -0.2) is 12.7 Å². The van der Waals surface area contributed by atoms with Gasteiger partial charge in [0.1, 0.15) is 6.61 Å². The lowest BCUT2D eigenvalue weighted by atomic mass is 9.92. The monoisotopic (exact) mass is 397 g/mol. The number of rotatable bonds is 11. The van der Waals surface area contributed by atoms with E-state index in [1.54, 1.807) is 0 Å². The molecule has 0 spiro atoms. The van der Waals surface area contributed by atoms with Gasteiger partial charge in [-0.05, 0) is 18.3 Å². The first kappa shape index (κ1) is 24.5. The van der Waals surface area contributed by atoms with Crippen molar-refractivity contribution in [2.75, 3.05) is 32.1 Å². The molecule has 0 N–H and O–H groups in total. The van der Waals surface area contributed by atoms with Gasteiger partial charge in [-0.1, -0.05) is 34.1 Å². The standard InChI is InChI=1S/C15H28F5NO3S/c1-5-6-8-21(9-7-13(2,3)4)25(22,23)11-10-24-12-14(16,17)15(18,19)20/h5-12H2,1-4H3. The fourth-order valence-electron chi connectivity index (χ4n) is 1.76. The molecule has 0 amide bonds. The maximum absolute atomic E-state index is 12.7. The van der Waals surface area contributed by atoms with Crippen LogP contribution in [0.5, 0.6) is 0 Å². The number of halogens is 5. The van der Waals surface area contributed by atoms with Crippen molar-refractivity contribution in [1.82, 2.24) is 4.31 Å².